The van der Waals surface area contributed by atoms with E-state index in [1.807, 2.05) is 37.4 Å². The lowest BCUT2D eigenvalue weighted by Gasteiger charge is -2.11. The third-order valence-electron chi connectivity index (χ3n) is 4.29. The summed E-state index contributed by atoms with van der Waals surface area (Å²) in [5, 5.41) is 5.59. The Morgan fingerprint density at radius 3 is 2.68 bits per heavy atom. The van der Waals surface area contributed by atoms with E-state index in [1.165, 1.54) is 0 Å². The minimum absolute atomic E-state index is 0.848. The number of rotatable bonds is 2. The largest absolute Gasteiger partial charge is 0.353 e. The van der Waals surface area contributed by atoms with Crippen LogP contribution in [0.2, 0.25) is 0 Å². The van der Waals surface area contributed by atoms with Crippen molar-refractivity contribution in [2.45, 2.75) is 6.92 Å². The topological polar surface area (TPSA) is 79.4 Å². The van der Waals surface area contributed by atoms with E-state index in [9.17, 15) is 0 Å². The van der Waals surface area contributed by atoms with Crippen LogP contribution in [0, 0.1) is 6.92 Å². The molecule has 0 amide bonds. The molecular weight excluding hydrogens is 312 g/mol. The number of hydrogen-bond acceptors (Lipinski definition) is 5. The molecular formula is C19H14N6. The van der Waals surface area contributed by atoms with E-state index in [0.29, 0.717) is 0 Å². The van der Waals surface area contributed by atoms with E-state index in [0.717, 1.165) is 49.9 Å². The van der Waals surface area contributed by atoms with Gasteiger partial charge in [-0.2, -0.15) is 0 Å². The predicted molar refractivity (Wildman–Crippen MR) is 99.0 cm³/mol. The van der Waals surface area contributed by atoms with Crippen LogP contribution in [0.15, 0.2) is 55.2 Å². The van der Waals surface area contributed by atoms with E-state index < -0.39 is 0 Å². The van der Waals surface area contributed by atoms with Gasteiger partial charge < -0.3 is 10.3 Å². The Balaban J connectivity index is 1.86. The number of H-pyrrole nitrogens is 1. The molecule has 0 aliphatic rings. The highest BCUT2D eigenvalue weighted by molar-refractivity contribution is 6.15. The van der Waals surface area contributed by atoms with Gasteiger partial charge >= 0.3 is 0 Å². The summed E-state index contributed by atoms with van der Waals surface area (Å²) in [6.07, 6.45) is 8.97. The number of nitrogens with one attached hydrogen (secondary N) is 2. The number of pyridine rings is 4. The number of anilines is 2. The van der Waals surface area contributed by atoms with Crippen molar-refractivity contribution in [1.82, 2.24) is 24.9 Å². The number of nitrogens with zero attached hydrogens (tertiary/aromatic N) is 4. The second-order valence-corrected chi connectivity index (χ2v) is 5.96. The van der Waals surface area contributed by atoms with Crippen LogP contribution in [0.4, 0.5) is 11.4 Å². The number of aromatic amines is 1. The molecule has 5 heterocycles. The minimum atomic E-state index is 0.848. The summed E-state index contributed by atoms with van der Waals surface area (Å²) in [6.45, 7) is 1.98. The van der Waals surface area contributed by atoms with Crippen molar-refractivity contribution >= 4 is 44.2 Å². The lowest BCUT2D eigenvalue weighted by Crippen LogP contribution is -1.96. The van der Waals surface area contributed by atoms with Gasteiger partial charge in [0.15, 0.2) is 0 Å². The van der Waals surface area contributed by atoms with Gasteiger partial charge in [0.05, 0.1) is 40.1 Å². The zero-order chi connectivity index (χ0) is 16.8. The normalized spacial score (nSPS) is 11.4. The molecule has 0 aromatic carbocycles. The van der Waals surface area contributed by atoms with Crippen LogP contribution in [0.3, 0.4) is 0 Å². The highest BCUT2D eigenvalue weighted by Crippen LogP contribution is 2.35. The average Bonchev–Trinajstić information content (AvgIpc) is 3.00. The molecule has 0 aliphatic heterocycles. The van der Waals surface area contributed by atoms with Gasteiger partial charge in [-0.15, -0.1) is 0 Å². The average molecular weight is 326 g/mol. The predicted octanol–water partition coefficient (Wildman–Crippen LogP) is 4.11. The Labute approximate surface area is 143 Å². The van der Waals surface area contributed by atoms with Crippen molar-refractivity contribution < 1.29 is 0 Å². The highest BCUT2D eigenvalue weighted by Gasteiger charge is 2.14. The molecule has 25 heavy (non-hydrogen) atoms. The summed E-state index contributed by atoms with van der Waals surface area (Å²) in [4.78, 5) is 21.0. The van der Waals surface area contributed by atoms with E-state index in [-0.39, 0.29) is 0 Å². The van der Waals surface area contributed by atoms with Crippen molar-refractivity contribution in [2.24, 2.45) is 0 Å². The van der Waals surface area contributed by atoms with Gasteiger partial charge in [0.2, 0.25) is 0 Å². The Kier molecular flexibility index (Phi) is 2.90. The Morgan fingerprint density at radius 2 is 1.80 bits per heavy atom. The fraction of sp³-hybridized carbons (Fsp3) is 0.0526. The van der Waals surface area contributed by atoms with Gasteiger partial charge in [0.25, 0.3) is 0 Å². The third kappa shape index (κ3) is 2.19. The monoisotopic (exact) mass is 326 g/mol. The maximum Gasteiger partial charge on any atom is 0.0988 e. The zero-order valence-corrected chi connectivity index (χ0v) is 13.5. The molecule has 0 radical (unpaired) electrons. The van der Waals surface area contributed by atoms with Crippen LogP contribution in [0.5, 0.6) is 0 Å². The summed E-state index contributed by atoms with van der Waals surface area (Å²) in [5.74, 6) is 0. The fourth-order valence-electron chi connectivity index (χ4n) is 3.17. The molecule has 6 heteroatoms. The number of hydrogen-bond donors (Lipinski definition) is 2. The van der Waals surface area contributed by atoms with E-state index in [2.05, 4.69) is 25.3 Å². The van der Waals surface area contributed by atoms with E-state index >= 15 is 0 Å². The second kappa shape index (κ2) is 5.24. The zero-order valence-electron chi connectivity index (χ0n) is 13.5. The highest BCUT2D eigenvalue weighted by atomic mass is 14.9. The number of aromatic nitrogens is 5. The molecule has 0 aliphatic carbocycles. The maximum absolute atomic E-state index is 4.81. The Bertz CT molecular complexity index is 1240. The SMILES string of the molecule is Cc1cc(Nc2c3ccncc3nc3c2[nH]c2cnccc23)ccn1. The van der Waals surface area contributed by atoms with Crippen LogP contribution in [0.1, 0.15) is 5.69 Å². The summed E-state index contributed by atoms with van der Waals surface area (Å²) < 4.78 is 0. The van der Waals surface area contributed by atoms with Crippen molar-refractivity contribution in [3.63, 3.8) is 0 Å². The number of fused-ring (bicyclic) bond motifs is 4. The van der Waals surface area contributed by atoms with Crippen molar-refractivity contribution in [2.75, 3.05) is 5.32 Å². The summed E-state index contributed by atoms with van der Waals surface area (Å²) in [7, 11) is 0. The van der Waals surface area contributed by atoms with E-state index in [4.69, 9.17) is 4.98 Å². The van der Waals surface area contributed by atoms with E-state index in [1.54, 1.807) is 24.8 Å². The molecule has 5 rings (SSSR count). The Hall–Kier alpha value is -3.54. The molecule has 0 saturated heterocycles. The molecule has 0 bridgehead atoms. The molecule has 5 aromatic rings. The first-order valence-electron chi connectivity index (χ1n) is 7.98. The third-order valence-corrected chi connectivity index (χ3v) is 4.29. The van der Waals surface area contributed by atoms with Crippen LogP contribution < -0.4 is 5.32 Å². The van der Waals surface area contributed by atoms with Crippen LogP contribution >= 0.6 is 0 Å². The van der Waals surface area contributed by atoms with Crippen LogP contribution in [-0.4, -0.2) is 24.9 Å². The van der Waals surface area contributed by atoms with Gasteiger partial charge in [-0.3, -0.25) is 15.0 Å². The van der Waals surface area contributed by atoms with Gasteiger partial charge in [0, 0.05) is 40.7 Å². The fourth-order valence-corrected chi connectivity index (χ4v) is 3.17. The standard InChI is InChI=1S/C19H14N6/c1-11-8-12(2-7-22-11)23-17-13-3-5-20-9-15(13)24-18-14-4-6-21-10-16(14)25-19(17)18/h2-10,25H,1H3,(H,22,23,24). The quantitative estimate of drug-likeness (QED) is 0.510. The maximum atomic E-state index is 4.81. The van der Waals surface area contributed by atoms with Gasteiger partial charge in [0.1, 0.15) is 0 Å². The van der Waals surface area contributed by atoms with Gasteiger partial charge in [-0.1, -0.05) is 0 Å². The van der Waals surface area contributed by atoms with Crippen molar-refractivity contribution in [1.29, 1.82) is 0 Å². The molecule has 0 unspecified atom stereocenters. The molecule has 0 fully saturated rings. The first-order chi connectivity index (χ1) is 12.3. The first kappa shape index (κ1) is 13.9. The lowest BCUT2D eigenvalue weighted by atomic mass is 10.1. The second-order valence-electron chi connectivity index (χ2n) is 5.96. The number of aryl methyl sites for hydroxylation is 1. The summed E-state index contributed by atoms with van der Waals surface area (Å²) in [6, 6.07) is 7.92. The molecule has 2 N–H and O–H groups in total. The molecule has 0 spiro atoms. The molecule has 0 saturated carbocycles. The molecule has 6 nitrogen and oxygen atoms in total. The van der Waals surface area contributed by atoms with Crippen molar-refractivity contribution in [3.05, 3.63) is 60.9 Å². The van der Waals surface area contributed by atoms with Crippen molar-refractivity contribution in [3.8, 4) is 0 Å². The van der Waals surface area contributed by atoms with Crippen LogP contribution in [-0.2, 0) is 0 Å². The smallest absolute Gasteiger partial charge is 0.0988 e. The summed E-state index contributed by atoms with van der Waals surface area (Å²) >= 11 is 0. The Morgan fingerprint density at radius 1 is 0.960 bits per heavy atom. The first-order valence-corrected chi connectivity index (χ1v) is 7.98. The lowest BCUT2D eigenvalue weighted by molar-refractivity contribution is 1.20. The van der Waals surface area contributed by atoms with Crippen LogP contribution in [0.25, 0.3) is 32.8 Å². The molecule has 120 valence electrons. The minimum Gasteiger partial charge on any atom is -0.353 e. The van der Waals surface area contributed by atoms with Gasteiger partial charge in [-0.25, -0.2) is 4.98 Å². The van der Waals surface area contributed by atoms with Gasteiger partial charge in [-0.05, 0) is 31.2 Å². The summed E-state index contributed by atoms with van der Waals surface area (Å²) in [5.41, 5.74) is 6.59. The molecule has 0 atom stereocenters. The molecule has 5 aromatic heterocycles.